The number of anilines is 1. The summed E-state index contributed by atoms with van der Waals surface area (Å²) in [5.41, 5.74) is 2.26. The van der Waals surface area contributed by atoms with Gasteiger partial charge < -0.3 is 15.2 Å². The molecule has 1 heterocycles. The molecule has 2 N–H and O–H groups in total. The summed E-state index contributed by atoms with van der Waals surface area (Å²) in [6, 6.07) is 8.07. The number of hydrogen-bond acceptors (Lipinski definition) is 3. The Morgan fingerprint density at radius 2 is 2.14 bits per heavy atom. The Morgan fingerprint density at radius 1 is 1.36 bits per heavy atom. The van der Waals surface area contributed by atoms with Crippen LogP contribution in [0.5, 0.6) is 0 Å². The molecule has 0 spiro atoms. The number of benzene rings is 1. The normalized spacial score (nSPS) is 26.4. The van der Waals surface area contributed by atoms with E-state index >= 15 is 0 Å². The zero-order valence-electron chi connectivity index (χ0n) is 8.23. The van der Waals surface area contributed by atoms with E-state index in [4.69, 9.17) is 4.74 Å². The minimum absolute atomic E-state index is 0.0242. The Bertz CT molecular complexity index is 314. The smallest absolute Gasteiger partial charge is 0.0996 e. The summed E-state index contributed by atoms with van der Waals surface area (Å²) in [7, 11) is 0. The molecule has 0 aromatic heterocycles. The third-order valence-corrected chi connectivity index (χ3v) is 2.54. The maximum absolute atomic E-state index is 9.55. The van der Waals surface area contributed by atoms with Crippen molar-refractivity contribution in [1.29, 1.82) is 0 Å². The van der Waals surface area contributed by atoms with Gasteiger partial charge in [-0.15, -0.1) is 0 Å². The summed E-state index contributed by atoms with van der Waals surface area (Å²) >= 11 is 0. The van der Waals surface area contributed by atoms with Crippen LogP contribution in [0.15, 0.2) is 24.3 Å². The predicted molar refractivity (Wildman–Crippen MR) is 55.4 cm³/mol. The molecule has 76 valence electrons. The summed E-state index contributed by atoms with van der Waals surface area (Å²) in [4.78, 5) is 0. The highest BCUT2D eigenvalue weighted by Gasteiger charge is 2.25. The fraction of sp³-hybridized carbons (Fsp3) is 0.455. The second-order valence-corrected chi connectivity index (χ2v) is 3.67. The molecule has 0 unspecified atom stereocenters. The third-order valence-electron chi connectivity index (χ3n) is 2.54. The van der Waals surface area contributed by atoms with Gasteiger partial charge in [0.25, 0.3) is 0 Å². The molecule has 1 aromatic carbocycles. The van der Waals surface area contributed by atoms with Crippen molar-refractivity contribution < 1.29 is 9.84 Å². The number of aliphatic hydroxyl groups is 1. The van der Waals surface area contributed by atoms with Crippen LogP contribution in [0.25, 0.3) is 0 Å². The van der Waals surface area contributed by atoms with Gasteiger partial charge in [0.2, 0.25) is 0 Å². The van der Waals surface area contributed by atoms with E-state index in [2.05, 4.69) is 5.32 Å². The van der Waals surface area contributed by atoms with Crippen LogP contribution in [0.1, 0.15) is 5.56 Å². The van der Waals surface area contributed by atoms with Crippen molar-refractivity contribution >= 4 is 5.69 Å². The molecular weight excluding hydrogens is 178 g/mol. The predicted octanol–water partition coefficient (Wildman–Crippen LogP) is 1.17. The number of nitrogens with one attached hydrogen (secondary N) is 1. The number of rotatable bonds is 2. The van der Waals surface area contributed by atoms with Crippen molar-refractivity contribution in [2.75, 3.05) is 18.5 Å². The fourth-order valence-electron chi connectivity index (χ4n) is 1.62. The maximum atomic E-state index is 9.55. The molecule has 1 aliphatic heterocycles. The van der Waals surface area contributed by atoms with Crippen LogP contribution < -0.4 is 5.32 Å². The largest absolute Gasteiger partial charge is 0.388 e. The Balaban J connectivity index is 2.07. The number of para-hydroxylation sites is 1. The van der Waals surface area contributed by atoms with E-state index in [0.717, 1.165) is 5.69 Å². The van der Waals surface area contributed by atoms with E-state index in [1.807, 2.05) is 31.2 Å². The van der Waals surface area contributed by atoms with Crippen LogP contribution in [-0.2, 0) is 4.74 Å². The number of aryl methyl sites for hydroxylation is 1. The van der Waals surface area contributed by atoms with E-state index < -0.39 is 6.10 Å². The first-order valence-electron chi connectivity index (χ1n) is 4.85. The Labute approximate surface area is 83.7 Å². The van der Waals surface area contributed by atoms with Gasteiger partial charge in [-0.25, -0.2) is 0 Å². The van der Waals surface area contributed by atoms with Gasteiger partial charge in [-0.05, 0) is 18.6 Å². The SMILES string of the molecule is Cc1ccccc1N[C@H]1COC[C@@H]1O. The maximum Gasteiger partial charge on any atom is 0.0996 e. The van der Waals surface area contributed by atoms with Crippen LogP contribution in [0.4, 0.5) is 5.69 Å². The van der Waals surface area contributed by atoms with Gasteiger partial charge in [-0.1, -0.05) is 18.2 Å². The topological polar surface area (TPSA) is 41.5 Å². The number of ether oxygens (including phenoxy) is 1. The molecule has 1 aliphatic rings. The highest BCUT2D eigenvalue weighted by atomic mass is 16.5. The van der Waals surface area contributed by atoms with Crippen molar-refractivity contribution in [3.63, 3.8) is 0 Å². The second kappa shape index (κ2) is 3.98. The first kappa shape index (κ1) is 9.49. The van der Waals surface area contributed by atoms with E-state index in [1.165, 1.54) is 5.56 Å². The Hall–Kier alpha value is -1.06. The van der Waals surface area contributed by atoms with Gasteiger partial charge in [0.1, 0.15) is 0 Å². The molecule has 1 aromatic rings. The summed E-state index contributed by atoms with van der Waals surface area (Å²) in [6.07, 6.45) is -0.394. The average molecular weight is 193 g/mol. The minimum atomic E-state index is -0.394. The molecular formula is C11H15NO2. The van der Waals surface area contributed by atoms with E-state index in [-0.39, 0.29) is 6.04 Å². The monoisotopic (exact) mass is 193 g/mol. The number of aliphatic hydroxyl groups excluding tert-OH is 1. The molecule has 1 fully saturated rings. The lowest BCUT2D eigenvalue weighted by Crippen LogP contribution is -2.32. The fourth-order valence-corrected chi connectivity index (χ4v) is 1.62. The minimum Gasteiger partial charge on any atom is -0.388 e. The van der Waals surface area contributed by atoms with E-state index in [1.54, 1.807) is 0 Å². The molecule has 14 heavy (non-hydrogen) atoms. The van der Waals surface area contributed by atoms with Crippen molar-refractivity contribution in [1.82, 2.24) is 0 Å². The summed E-state index contributed by atoms with van der Waals surface area (Å²) < 4.78 is 5.17. The lowest BCUT2D eigenvalue weighted by molar-refractivity contribution is 0.125. The van der Waals surface area contributed by atoms with Crippen LogP contribution >= 0.6 is 0 Å². The van der Waals surface area contributed by atoms with Gasteiger partial charge in [-0.3, -0.25) is 0 Å². The van der Waals surface area contributed by atoms with Gasteiger partial charge in [-0.2, -0.15) is 0 Å². The molecule has 0 amide bonds. The molecule has 0 saturated carbocycles. The molecule has 3 heteroatoms. The van der Waals surface area contributed by atoms with Crippen molar-refractivity contribution in [2.24, 2.45) is 0 Å². The van der Waals surface area contributed by atoms with Crippen molar-refractivity contribution in [3.05, 3.63) is 29.8 Å². The zero-order chi connectivity index (χ0) is 9.97. The van der Waals surface area contributed by atoms with Crippen LogP contribution in [0.2, 0.25) is 0 Å². The van der Waals surface area contributed by atoms with Crippen LogP contribution in [0, 0.1) is 6.92 Å². The lowest BCUT2D eigenvalue weighted by Gasteiger charge is -2.17. The average Bonchev–Trinajstić information content (AvgIpc) is 2.56. The second-order valence-electron chi connectivity index (χ2n) is 3.67. The Morgan fingerprint density at radius 3 is 2.79 bits per heavy atom. The highest BCUT2D eigenvalue weighted by molar-refractivity contribution is 5.51. The van der Waals surface area contributed by atoms with Crippen LogP contribution in [0.3, 0.4) is 0 Å². The van der Waals surface area contributed by atoms with Crippen molar-refractivity contribution in [2.45, 2.75) is 19.1 Å². The zero-order valence-corrected chi connectivity index (χ0v) is 8.23. The first-order chi connectivity index (χ1) is 6.77. The highest BCUT2D eigenvalue weighted by Crippen LogP contribution is 2.17. The molecule has 0 aliphatic carbocycles. The molecule has 2 atom stereocenters. The Kier molecular flexibility index (Phi) is 2.70. The molecule has 1 saturated heterocycles. The van der Waals surface area contributed by atoms with Crippen molar-refractivity contribution in [3.8, 4) is 0 Å². The first-order valence-corrected chi connectivity index (χ1v) is 4.85. The van der Waals surface area contributed by atoms with E-state index in [0.29, 0.717) is 13.2 Å². The lowest BCUT2D eigenvalue weighted by atomic mass is 10.1. The summed E-state index contributed by atoms with van der Waals surface area (Å²) in [5.74, 6) is 0. The van der Waals surface area contributed by atoms with Gasteiger partial charge in [0.05, 0.1) is 25.4 Å². The quantitative estimate of drug-likeness (QED) is 0.740. The number of hydrogen-bond donors (Lipinski definition) is 2. The summed E-state index contributed by atoms with van der Waals surface area (Å²) in [6.45, 7) is 3.06. The standard InChI is InChI=1S/C11H15NO2/c1-8-4-2-3-5-9(8)12-10-6-14-7-11(10)13/h2-5,10-13H,6-7H2,1H3/t10-,11-/m0/s1. The van der Waals surface area contributed by atoms with Gasteiger partial charge >= 0.3 is 0 Å². The van der Waals surface area contributed by atoms with Gasteiger partial charge in [0.15, 0.2) is 0 Å². The molecule has 0 bridgehead atoms. The third kappa shape index (κ3) is 1.89. The van der Waals surface area contributed by atoms with E-state index in [9.17, 15) is 5.11 Å². The molecule has 2 rings (SSSR count). The van der Waals surface area contributed by atoms with Crippen LogP contribution in [-0.4, -0.2) is 30.5 Å². The molecule has 3 nitrogen and oxygen atoms in total. The summed E-state index contributed by atoms with van der Waals surface area (Å²) in [5, 5.41) is 12.8. The molecule has 0 radical (unpaired) electrons. The van der Waals surface area contributed by atoms with Gasteiger partial charge in [0, 0.05) is 5.69 Å².